The lowest BCUT2D eigenvalue weighted by Crippen LogP contribution is -2.35. The summed E-state index contributed by atoms with van der Waals surface area (Å²) in [5.74, 6) is -0.171. The highest BCUT2D eigenvalue weighted by molar-refractivity contribution is 5.25. The van der Waals surface area contributed by atoms with Crippen LogP contribution in [0.5, 0.6) is 0 Å². The molecule has 0 heterocycles. The van der Waals surface area contributed by atoms with Crippen molar-refractivity contribution in [3.8, 4) is 0 Å². The monoisotopic (exact) mass is 254 g/mol. The molecule has 0 saturated heterocycles. The summed E-state index contributed by atoms with van der Waals surface area (Å²) in [5, 5.41) is 0. The first kappa shape index (κ1) is 15.1. The van der Waals surface area contributed by atoms with E-state index in [2.05, 4.69) is 18.7 Å². The molecule has 0 aromatic heterocycles. The summed E-state index contributed by atoms with van der Waals surface area (Å²) in [4.78, 5) is 2.18. The van der Waals surface area contributed by atoms with Gasteiger partial charge in [-0.2, -0.15) is 0 Å². The molecule has 0 amide bonds. The van der Waals surface area contributed by atoms with Crippen molar-refractivity contribution in [3.63, 3.8) is 0 Å². The molecule has 1 atom stereocenters. The number of halogens is 1. The number of likely N-dealkylation sites (N-methyl/N-ethyl adjacent to an activating group) is 1. The van der Waals surface area contributed by atoms with E-state index in [1.54, 1.807) is 13.2 Å². The number of nitrogens with two attached hydrogens (primary N) is 1. The third-order valence-corrected chi connectivity index (χ3v) is 3.16. The van der Waals surface area contributed by atoms with Crippen molar-refractivity contribution < 1.29 is 9.13 Å². The van der Waals surface area contributed by atoms with Crippen molar-refractivity contribution in [2.45, 2.75) is 33.0 Å². The molecule has 4 heteroatoms. The number of ether oxygens (including phenoxy) is 1. The Kier molecular flexibility index (Phi) is 6.25. The van der Waals surface area contributed by atoms with Crippen LogP contribution in [0.3, 0.4) is 0 Å². The van der Waals surface area contributed by atoms with Gasteiger partial charge in [0, 0.05) is 31.8 Å². The van der Waals surface area contributed by atoms with E-state index in [1.807, 2.05) is 6.07 Å². The average molecular weight is 254 g/mol. The van der Waals surface area contributed by atoms with E-state index in [1.165, 1.54) is 6.07 Å². The third-order valence-electron chi connectivity index (χ3n) is 3.16. The van der Waals surface area contributed by atoms with Gasteiger partial charge in [-0.25, -0.2) is 4.39 Å². The number of methoxy groups -OCH3 is 1. The Morgan fingerprint density at radius 3 is 2.72 bits per heavy atom. The number of rotatable bonds is 7. The van der Waals surface area contributed by atoms with Gasteiger partial charge in [0.2, 0.25) is 0 Å². The molecule has 0 aliphatic heterocycles. The number of nitrogens with zero attached hydrogens (tertiary/aromatic N) is 1. The van der Waals surface area contributed by atoms with Gasteiger partial charge in [-0.15, -0.1) is 0 Å². The van der Waals surface area contributed by atoms with Crippen LogP contribution in [0.1, 0.15) is 25.0 Å². The minimum atomic E-state index is -0.171. The molecule has 0 fully saturated rings. The molecule has 0 aliphatic carbocycles. The Bertz CT molecular complexity index is 371. The Hall–Kier alpha value is -0.970. The summed E-state index contributed by atoms with van der Waals surface area (Å²) in [6, 6.07) is 5.33. The largest absolute Gasteiger partial charge is 0.383 e. The molecule has 1 unspecified atom stereocenters. The van der Waals surface area contributed by atoms with Crippen molar-refractivity contribution in [1.82, 2.24) is 4.90 Å². The third kappa shape index (κ3) is 4.05. The SMILES string of the molecule is CCN(Cc1cc(CN)ccc1F)C(C)COC. The summed E-state index contributed by atoms with van der Waals surface area (Å²) >= 11 is 0. The Morgan fingerprint density at radius 1 is 1.44 bits per heavy atom. The van der Waals surface area contributed by atoms with Gasteiger partial charge in [0.1, 0.15) is 5.82 Å². The molecule has 3 nitrogen and oxygen atoms in total. The van der Waals surface area contributed by atoms with Gasteiger partial charge in [-0.1, -0.05) is 19.1 Å². The van der Waals surface area contributed by atoms with Crippen LogP contribution in [-0.4, -0.2) is 31.2 Å². The number of hydrogen-bond donors (Lipinski definition) is 1. The maximum Gasteiger partial charge on any atom is 0.127 e. The first-order valence-corrected chi connectivity index (χ1v) is 6.32. The predicted molar refractivity (Wildman–Crippen MR) is 71.7 cm³/mol. The summed E-state index contributed by atoms with van der Waals surface area (Å²) in [5.41, 5.74) is 7.24. The zero-order chi connectivity index (χ0) is 13.5. The first-order valence-electron chi connectivity index (χ1n) is 6.32. The second-order valence-electron chi connectivity index (χ2n) is 4.50. The van der Waals surface area contributed by atoms with Crippen LogP contribution in [0.25, 0.3) is 0 Å². The highest BCUT2D eigenvalue weighted by Crippen LogP contribution is 2.14. The number of benzene rings is 1. The van der Waals surface area contributed by atoms with Gasteiger partial charge in [-0.3, -0.25) is 4.90 Å². The fourth-order valence-electron chi connectivity index (χ4n) is 2.02. The van der Waals surface area contributed by atoms with Gasteiger partial charge < -0.3 is 10.5 Å². The van der Waals surface area contributed by atoms with Crippen molar-refractivity contribution >= 4 is 0 Å². The minimum Gasteiger partial charge on any atom is -0.383 e. The van der Waals surface area contributed by atoms with E-state index in [9.17, 15) is 4.39 Å². The van der Waals surface area contributed by atoms with Crippen LogP contribution in [0, 0.1) is 5.82 Å². The van der Waals surface area contributed by atoms with Crippen LogP contribution in [-0.2, 0) is 17.8 Å². The van der Waals surface area contributed by atoms with Gasteiger partial charge in [0.05, 0.1) is 6.61 Å². The van der Waals surface area contributed by atoms with Gasteiger partial charge in [-0.05, 0) is 25.1 Å². The topological polar surface area (TPSA) is 38.5 Å². The molecule has 0 bridgehead atoms. The summed E-state index contributed by atoms with van der Waals surface area (Å²) in [6.07, 6.45) is 0. The smallest absolute Gasteiger partial charge is 0.127 e. The van der Waals surface area contributed by atoms with Crippen LogP contribution < -0.4 is 5.73 Å². The predicted octanol–water partition coefficient (Wildman–Crippen LogP) is 2.14. The van der Waals surface area contributed by atoms with E-state index >= 15 is 0 Å². The lowest BCUT2D eigenvalue weighted by molar-refractivity contribution is 0.0974. The van der Waals surface area contributed by atoms with E-state index in [-0.39, 0.29) is 11.9 Å². The molecule has 18 heavy (non-hydrogen) atoms. The molecule has 1 aromatic carbocycles. The molecular formula is C14H23FN2O. The van der Waals surface area contributed by atoms with Crippen molar-refractivity contribution in [2.75, 3.05) is 20.3 Å². The standard InChI is InChI=1S/C14H23FN2O/c1-4-17(11(2)10-18-3)9-13-7-12(8-16)5-6-14(13)15/h5-7,11H,4,8-10,16H2,1-3H3. The molecule has 2 N–H and O–H groups in total. The zero-order valence-corrected chi connectivity index (χ0v) is 11.4. The van der Waals surface area contributed by atoms with Gasteiger partial charge in [0.15, 0.2) is 0 Å². The van der Waals surface area contributed by atoms with Crippen LogP contribution in [0.4, 0.5) is 4.39 Å². The average Bonchev–Trinajstić information content (AvgIpc) is 2.38. The lowest BCUT2D eigenvalue weighted by Gasteiger charge is -2.27. The first-order chi connectivity index (χ1) is 8.62. The van der Waals surface area contributed by atoms with Gasteiger partial charge in [0.25, 0.3) is 0 Å². The fraction of sp³-hybridized carbons (Fsp3) is 0.571. The molecule has 1 rings (SSSR count). The normalized spacial score (nSPS) is 13.0. The highest BCUT2D eigenvalue weighted by Gasteiger charge is 2.14. The Balaban J connectivity index is 2.80. The molecule has 0 radical (unpaired) electrons. The van der Waals surface area contributed by atoms with Crippen molar-refractivity contribution in [1.29, 1.82) is 0 Å². The summed E-state index contributed by atoms with van der Waals surface area (Å²) in [7, 11) is 1.68. The van der Waals surface area contributed by atoms with Crippen LogP contribution in [0.2, 0.25) is 0 Å². The van der Waals surface area contributed by atoms with E-state index in [0.717, 1.165) is 12.1 Å². The summed E-state index contributed by atoms with van der Waals surface area (Å²) in [6.45, 7) is 6.67. The van der Waals surface area contributed by atoms with E-state index in [4.69, 9.17) is 10.5 Å². The van der Waals surface area contributed by atoms with Crippen LogP contribution >= 0.6 is 0 Å². The Labute approximate surface area is 109 Å². The molecule has 0 spiro atoms. The Morgan fingerprint density at radius 2 is 2.17 bits per heavy atom. The lowest BCUT2D eigenvalue weighted by atomic mass is 10.1. The maximum atomic E-state index is 13.8. The number of hydrogen-bond acceptors (Lipinski definition) is 3. The van der Waals surface area contributed by atoms with E-state index in [0.29, 0.717) is 25.3 Å². The minimum absolute atomic E-state index is 0.171. The molecule has 0 aliphatic rings. The van der Waals surface area contributed by atoms with E-state index < -0.39 is 0 Å². The van der Waals surface area contributed by atoms with Crippen LogP contribution in [0.15, 0.2) is 18.2 Å². The fourth-order valence-corrected chi connectivity index (χ4v) is 2.02. The molecule has 1 aromatic rings. The second-order valence-corrected chi connectivity index (χ2v) is 4.50. The zero-order valence-electron chi connectivity index (χ0n) is 11.4. The van der Waals surface area contributed by atoms with Crippen molar-refractivity contribution in [3.05, 3.63) is 35.1 Å². The van der Waals surface area contributed by atoms with Gasteiger partial charge >= 0.3 is 0 Å². The highest BCUT2D eigenvalue weighted by atomic mass is 19.1. The molecule has 0 saturated carbocycles. The van der Waals surface area contributed by atoms with Crippen molar-refractivity contribution in [2.24, 2.45) is 5.73 Å². The quantitative estimate of drug-likeness (QED) is 0.810. The summed E-state index contributed by atoms with van der Waals surface area (Å²) < 4.78 is 18.9. The molecular weight excluding hydrogens is 231 g/mol. The molecule has 102 valence electrons. The second kappa shape index (κ2) is 7.46. The maximum absolute atomic E-state index is 13.8.